The molecule has 4 nitrogen and oxygen atoms in total. The van der Waals surface area contributed by atoms with Crippen molar-refractivity contribution in [1.29, 1.82) is 0 Å². The second-order valence-electron chi connectivity index (χ2n) is 3.11. The van der Waals surface area contributed by atoms with Gasteiger partial charge in [0.2, 0.25) is 5.75 Å². The number of halogens is 1. The lowest BCUT2D eigenvalue weighted by molar-refractivity contribution is 0.123. The highest BCUT2D eigenvalue weighted by Gasteiger charge is 2.12. The Bertz CT molecular complexity index is 308. The van der Waals surface area contributed by atoms with E-state index in [0.29, 0.717) is 22.6 Å². The van der Waals surface area contributed by atoms with Crippen LogP contribution >= 0.6 is 15.9 Å². The van der Waals surface area contributed by atoms with Crippen LogP contribution in [0.4, 0.5) is 0 Å². The predicted molar refractivity (Wildman–Crippen MR) is 64.8 cm³/mol. The summed E-state index contributed by atoms with van der Waals surface area (Å²) in [6, 6.07) is 5.36. The third-order valence-corrected chi connectivity index (χ3v) is 2.73. The molecule has 0 radical (unpaired) electrons. The molecular formula is C11H15BrO4. The highest BCUT2D eigenvalue weighted by Crippen LogP contribution is 2.36. The van der Waals surface area contributed by atoms with Gasteiger partial charge in [-0.3, -0.25) is 0 Å². The summed E-state index contributed by atoms with van der Waals surface area (Å²) in [6.45, 7) is 0.183. The molecule has 1 aromatic carbocycles. The fourth-order valence-electron chi connectivity index (χ4n) is 1.18. The molecule has 1 atom stereocenters. The topological polar surface area (TPSA) is 47.9 Å². The summed E-state index contributed by atoms with van der Waals surface area (Å²) in [4.78, 5) is 0. The van der Waals surface area contributed by atoms with Crippen molar-refractivity contribution in [1.82, 2.24) is 0 Å². The fraction of sp³-hybridized carbons (Fsp3) is 0.455. The maximum atomic E-state index is 9.39. The molecule has 5 heteroatoms. The molecule has 0 saturated carbocycles. The molecule has 1 aromatic rings. The molecule has 0 bridgehead atoms. The Kier molecular flexibility index (Phi) is 5.42. The van der Waals surface area contributed by atoms with E-state index in [1.54, 1.807) is 26.4 Å². The number of ether oxygens (including phenoxy) is 3. The van der Waals surface area contributed by atoms with Crippen molar-refractivity contribution < 1.29 is 19.3 Å². The summed E-state index contributed by atoms with van der Waals surface area (Å²) in [6.07, 6.45) is -0.561. The van der Waals surface area contributed by atoms with Crippen LogP contribution in [0.1, 0.15) is 0 Å². The molecule has 90 valence electrons. The molecular weight excluding hydrogens is 276 g/mol. The Morgan fingerprint density at radius 2 is 1.81 bits per heavy atom. The van der Waals surface area contributed by atoms with Crippen LogP contribution in [-0.4, -0.2) is 37.4 Å². The monoisotopic (exact) mass is 290 g/mol. The molecule has 0 fully saturated rings. The summed E-state index contributed by atoms with van der Waals surface area (Å²) < 4.78 is 15.8. The minimum absolute atomic E-state index is 0.183. The Labute approximate surface area is 103 Å². The number of methoxy groups -OCH3 is 2. The largest absolute Gasteiger partial charge is 0.493 e. The molecule has 0 aliphatic rings. The Hall–Kier alpha value is -0.940. The molecule has 0 aromatic heterocycles. The smallest absolute Gasteiger partial charge is 0.203 e. The van der Waals surface area contributed by atoms with E-state index < -0.39 is 6.10 Å². The number of aliphatic hydroxyl groups excluding tert-OH is 1. The van der Waals surface area contributed by atoms with Gasteiger partial charge in [0.15, 0.2) is 11.5 Å². The first-order valence-electron chi connectivity index (χ1n) is 4.80. The van der Waals surface area contributed by atoms with Gasteiger partial charge in [-0.25, -0.2) is 0 Å². The first-order valence-corrected chi connectivity index (χ1v) is 5.92. The molecule has 1 N–H and O–H groups in total. The molecule has 0 heterocycles. The van der Waals surface area contributed by atoms with Gasteiger partial charge in [-0.15, -0.1) is 0 Å². The summed E-state index contributed by atoms with van der Waals surface area (Å²) in [5.41, 5.74) is 0. The van der Waals surface area contributed by atoms with Crippen molar-refractivity contribution in [2.75, 3.05) is 26.2 Å². The quantitative estimate of drug-likeness (QED) is 0.812. The van der Waals surface area contributed by atoms with Crippen molar-refractivity contribution >= 4 is 15.9 Å². The zero-order valence-corrected chi connectivity index (χ0v) is 10.9. The molecule has 0 aliphatic heterocycles. The van der Waals surface area contributed by atoms with Crippen molar-refractivity contribution in [3.05, 3.63) is 18.2 Å². The molecule has 0 amide bonds. The zero-order chi connectivity index (χ0) is 12.0. The first-order chi connectivity index (χ1) is 7.72. The lowest BCUT2D eigenvalue weighted by Crippen LogP contribution is -2.19. The summed E-state index contributed by atoms with van der Waals surface area (Å²) >= 11 is 3.17. The lowest BCUT2D eigenvalue weighted by atomic mass is 10.3. The second kappa shape index (κ2) is 6.60. The van der Waals surface area contributed by atoms with Gasteiger partial charge in [-0.1, -0.05) is 22.0 Å². The first kappa shape index (κ1) is 13.1. The number of hydrogen-bond donors (Lipinski definition) is 1. The van der Waals surface area contributed by atoms with E-state index in [0.717, 1.165) is 0 Å². The van der Waals surface area contributed by atoms with Crippen LogP contribution in [0, 0.1) is 0 Å². The normalized spacial score (nSPS) is 12.0. The van der Waals surface area contributed by atoms with Gasteiger partial charge in [0.25, 0.3) is 0 Å². The minimum atomic E-state index is -0.561. The maximum Gasteiger partial charge on any atom is 0.203 e. The molecule has 1 unspecified atom stereocenters. The summed E-state index contributed by atoms with van der Waals surface area (Å²) in [5, 5.41) is 9.86. The van der Waals surface area contributed by atoms with Crippen LogP contribution in [0.5, 0.6) is 17.2 Å². The van der Waals surface area contributed by atoms with Crippen molar-refractivity contribution in [3.63, 3.8) is 0 Å². The van der Waals surface area contributed by atoms with Crippen LogP contribution in [-0.2, 0) is 0 Å². The second-order valence-corrected chi connectivity index (χ2v) is 3.76. The summed E-state index contributed by atoms with van der Waals surface area (Å²) in [7, 11) is 3.12. The number of alkyl halides is 1. The Morgan fingerprint density at radius 1 is 1.25 bits per heavy atom. The van der Waals surface area contributed by atoms with Gasteiger partial charge in [0.05, 0.1) is 20.3 Å². The van der Waals surface area contributed by atoms with E-state index >= 15 is 0 Å². The maximum absolute atomic E-state index is 9.39. The van der Waals surface area contributed by atoms with Crippen molar-refractivity contribution in [2.24, 2.45) is 0 Å². The molecule has 0 saturated heterocycles. The fourth-order valence-corrected chi connectivity index (χ4v) is 1.37. The number of rotatable bonds is 6. The molecule has 1 rings (SSSR count). The van der Waals surface area contributed by atoms with Crippen LogP contribution in [0.3, 0.4) is 0 Å². The van der Waals surface area contributed by atoms with Crippen LogP contribution < -0.4 is 14.2 Å². The Morgan fingerprint density at radius 3 is 2.25 bits per heavy atom. The van der Waals surface area contributed by atoms with Crippen LogP contribution in [0.2, 0.25) is 0 Å². The lowest BCUT2D eigenvalue weighted by Gasteiger charge is -2.15. The number of para-hydroxylation sites is 1. The van der Waals surface area contributed by atoms with E-state index in [1.807, 2.05) is 6.07 Å². The van der Waals surface area contributed by atoms with Gasteiger partial charge in [-0.2, -0.15) is 0 Å². The van der Waals surface area contributed by atoms with Gasteiger partial charge in [0, 0.05) is 5.33 Å². The van der Waals surface area contributed by atoms with E-state index in [1.165, 1.54) is 0 Å². The van der Waals surface area contributed by atoms with Crippen LogP contribution in [0.15, 0.2) is 18.2 Å². The standard InChI is InChI=1S/C11H15BrO4/c1-14-9-4-3-5-10(15-2)11(9)16-7-8(13)6-12/h3-5,8,13H,6-7H2,1-2H3. The average molecular weight is 291 g/mol. The number of aliphatic hydroxyl groups is 1. The van der Waals surface area contributed by atoms with Gasteiger partial charge in [-0.05, 0) is 12.1 Å². The molecule has 0 spiro atoms. The molecule has 0 aliphatic carbocycles. The zero-order valence-electron chi connectivity index (χ0n) is 9.27. The van der Waals surface area contributed by atoms with Gasteiger partial charge < -0.3 is 19.3 Å². The third-order valence-electron chi connectivity index (χ3n) is 1.98. The summed E-state index contributed by atoms with van der Waals surface area (Å²) in [5.74, 6) is 1.68. The van der Waals surface area contributed by atoms with Crippen molar-refractivity contribution in [3.8, 4) is 17.2 Å². The molecule has 16 heavy (non-hydrogen) atoms. The van der Waals surface area contributed by atoms with Crippen molar-refractivity contribution in [2.45, 2.75) is 6.10 Å². The van der Waals surface area contributed by atoms with E-state index in [4.69, 9.17) is 14.2 Å². The Balaban J connectivity index is 2.82. The van der Waals surface area contributed by atoms with E-state index in [2.05, 4.69) is 15.9 Å². The van der Waals surface area contributed by atoms with E-state index in [-0.39, 0.29) is 6.61 Å². The SMILES string of the molecule is COc1cccc(OC)c1OCC(O)CBr. The highest BCUT2D eigenvalue weighted by molar-refractivity contribution is 9.09. The number of hydrogen-bond acceptors (Lipinski definition) is 4. The van der Waals surface area contributed by atoms with Crippen LogP contribution in [0.25, 0.3) is 0 Å². The van der Waals surface area contributed by atoms with Gasteiger partial charge in [0.1, 0.15) is 6.61 Å². The number of benzene rings is 1. The van der Waals surface area contributed by atoms with E-state index in [9.17, 15) is 5.11 Å². The predicted octanol–water partition coefficient (Wildman–Crippen LogP) is 1.84. The average Bonchev–Trinajstić information content (AvgIpc) is 2.35. The van der Waals surface area contributed by atoms with Gasteiger partial charge >= 0.3 is 0 Å². The minimum Gasteiger partial charge on any atom is -0.493 e. The highest BCUT2D eigenvalue weighted by atomic mass is 79.9. The third kappa shape index (κ3) is 3.28.